The van der Waals surface area contributed by atoms with E-state index >= 15 is 0 Å². The van der Waals surface area contributed by atoms with E-state index in [2.05, 4.69) is 5.32 Å². The summed E-state index contributed by atoms with van der Waals surface area (Å²) in [6, 6.07) is 13.3. The molecule has 0 aliphatic heterocycles. The number of rotatable bonds is 5. The Morgan fingerprint density at radius 2 is 1.90 bits per heavy atom. The van der Waals surface area contributed by atoms with Gasteiger partial charge in [0.2, 0.25) is 0 Å². The van der Waals surface area contributed by atoms with E-state index in [0.717, 1.165) is 5.56 Å². The second kappa shape index (κ2) is 6.76. The molecule has 5 nitrogen and oxygen atoms in total. The maximum atomic E-state index is 12.2. The Morgan fingerprint density at radius 3 is 2.52 bits per heavy atom. The molecule has 0 bridgehead atoms. The fraction of sp³-hybridized carbons (Fsp3) is 0.188. The third-order valence-electron chi connectivity index (χ3n) is 3.15. The summed E-state index contributed by atoms with van der Waals surface area (Å²) in [5.74, 6) is -0.473. The van der Waals surface area contributed by atoms with Gasteiger partial charge in [-0.1, -0.05) is 36.4 Å². The van der Waals surface area contributed by atoms with Crippen molar-refractivity contribution in [3.05, 3.63) is 59.7 Å². The van der Waals surface area contributed by atoms with Crippen LogP contribution < -0.4 is 10.1 Å². The first-order chi connectivity index (χ1) is 10.2. The second-order valence-electron chi connectivity index (χ2n) is 4.48. The van der Waals surface area contributed by atoms with Crippen LogP contribution in [-0.2, 0) is 0 Å². The van der Waals surface area contributed by atoms with Crippen LogP contribution in [0.3, 0.4) is 0 Å². The number of hydrogen-bond donors (Lipinski definition) is 3. The van der Waals surface area contributed by atoms with Gasteiger partial charge in [-0.2, -0.15) is 0 Å². The topological polar surface area (TPSA) is 78.8 Å². The minimum Gasteiger partial charge on any atom is -0.504 e. The molecular formula is C16H17NO4. The van der Waals surface area contributed by atoms with Gasteiger partial charge in [0.05, 0.1) is 25.3 Å². The fourth-order valence-electron chi connectivity index (χ4n) is 2.03. The molecule has 0 saturated carbocycles. The molecule has 5 heteroatoms. The minimum absolute atomic E-state index is 0.101. The van der Waals surface area contributed by atoms with Crippen molar-refractivity contribution in [3.8, 4) is 11.5 Å². The first-order valence-electron chi connectivity index (χ1n) is 6.50. The molecular weight excluding hydrogens is 270 g/mol. The van der Waals surface area contributed by atoms with Crippen molar-refractivity contribution in [3.63, 3.8) is 0 Å². The van der Waals surface area contributed by atoms with Gasteiger partial charge < -0.3 is 20.3 Å². The first kappa shape index (κ1) is 14.9. The molecule has 21 heavy (non-hydrogen) atoms. The van der Waals surface area contributed by atoms with Crippen molar-refractivity contribution in [2.75, 3.05) is 13.7 Å². The number of aliphatic hydroxyl groups is 1. The number of ether oxygens (including phenoxy) is 1. The number of nitrogens with one attached hydrogen (secondary N) is 1. The molecule has 0 radical (unpaired) electrons. The summed E-state index contributed by atoms with van der Waals surface area (Å²) in [5, 5.41) is 22.1. The summed E-state index contributed by atoms with van der Waals surface area (Å²) < 4.78 is 4.97. The van der Waals surface area contributed by atoms with E-state index in [1.54, 1.807) is 12.1 Å². The van der Waals surface area contributed by atoms with E-state index in [-0.39, 0.29) is 23.7 Å². The van der Waals surface area contributed by atoms with E-state index in [9.17, 15) is 15.0 Å². The van der Waals surface area contributed by atoms with Crippen LogP contribution in [0.4, 0.5) is 0 Å². The lowest BCUT2D eigenvalue weighted by atomic mass is 10.1. The third kappa shape index (κ3) is 3.32. The van der Waals surface area contributed by atoms with E-state index < -0.39 is 11.9 Å². The summed E-state index contributed by atoms with van der Waals surface area (Å²) in [7, 11) is 1.41. The van der Waals surface area contributed by atoms with Crippen molar-refractivity contribution >= 4 is 5.91 Å². The number of phenolic OH excluding ortho intramolecular Hbond substituents is 1. The summed E-state index contributed by atoms with van der Waals surface area (Å²) in [4.78, 5) is 12.2. The average Bonchev–Trinajstić information content (AvgIpc) is 2.53. The van der Waals surface area contributed by atoms with Crippen LogP contribution in [0.15, 0.2) is 48.5 Å². The van der Waals surface area contributed by atoms with Crippen LogP contribution in [0.25, 0.3) is 0 Å². The van der Waals surface area contributed by atoms with Crippen molar-refractivity contribution < 1.29 is 19.7 Å². The molecule has 0 heterocycles. The summed E-state index contributed by atoms with van der Waals surface area (Å²) >= 11 is 0. The Kier molecular flexibility index (Phi) is 4.79. The molecule has 110 valence electrons. The van der Waals surface area contributed by atoms with Gasteiger partial charge in [0.25, 0.3) is 5.91 Å². The number of aromatic hydroxyl groups is 1. The van der Waals surface area contributed by atoms with Crippen LogP contribution >= 0.6 is 0 Å². The lowest BCUT2D eigenvalue weighted by Gasteiger charge is -2.17. The van der Waals surface area contributed by atoms with Crippen LogP contribution in [0.2, 0.25) is 0 Å². The molecule has 0 spiro atoms. The summed E-state index contributed by atoms with van der Waals surface area (Å²) in [5.41, 5.74) is 0.888. The maximum Gasteiger partial charge on any atom is 0.255 e. The van der Waals surface area contributed by atoms with Crippen molar-refractivity contribution in [2.45, 2.75) is 6.04 Å². The summed E-state index contributed by atoms with van der Waals surface area (Å²) in [6.07, 6.45) is 0. The monoisotopic (exact) mass is 287 g/mol. The Balaban J connectivity index is 2.21. The highest BCUT2D eigenvalue weighted by atomic mass is 16.5. The molecule has 1 atom stereocenters. The van der Waals surface area contributed by atoms with E-state index in [1.807, 2.05) is 30.3 Å². The zero-order valence-electron chi connectivity index (χ0n) is 11.6. The molecule has 2 aromatic rings. The highest BCUT2D eigenvalue weighted by Gasteiger charge is 2.19. The normalized spacial score (nSPS) is 11.7. The van der Waals surface area contributed by atoms with Crippen LogP contribution in [-0.4, -0.2) is 29.8 Å². The predicted molar refractivity (Wildman–Crippen MR) is 78.4 cm³/mol. The molecule has 2 aromatic carbocycles. The van der Waals surface area contributed by atoms with Gasteiger partial charge in [0, 0.05) is 0 Å². The predicted octanol–water partition coefficient (Wildman–Crippen LogP) is 1.86. The number of para-hydroxylation sites is 1. The number of hydrogen-bond acceptors (Lipinski definition) is 4. The third-order valence-corrected chi connectivity index (χ3v) is 3.15. The number of carbonyl (C=O) groups is 1. The minimum atomic E-state index is -0.538. The van der Waals surface area contributed by atoms with Crippen LogP contribution in [0.5, 0.6) is 11.5 Å². The standard InChI is InChI=1S/C16H17NO4/c1-21-14-9-5-8-12(15(14)19)16(20)17-13(10-18)11-6-3-2-4-7-11/h2-9,13,18-19H,10H2,1H3,(H,17,20)/t13-/m1/s1. The lowest BCUT2D eigenvalue weighted by molar-refractivity contribution is 0.0913. The maximum absolute atomic E-state index is 12.2. The van der Waals surface area contributed by atoms with E-state index in [0.29, 0.717) is 0 Å². The largest absolute Gasteiger partial charge is 0.504 e. The fourth-order valence-corrected chi connectivity index (χ4v) is 2.03. The Hall–Kier alpha value is -2.53. The molecule has 0 unspecified atom stereocenters. The average molecular weight is 287 g/mol. The van der Waals surface area contributed by atoms with E-state index in [4.69, 9.17) is 4.74 Å². The van der Waals surface area contributed by atoms with Gasteiger partial charge in [0.15, 0.2) is 11.5 Å². The number of methoxy groups -OCH3 is 1. The molecule has 0 fully saturated rings. The van der Waals surface area contributed by atoms with Gasteiger partial charge in [-0.05, 0) is 17.7 Å². The molecule has 3 N–H and O–H groups in total. The lowest BCUT2D eigenvalue weighted by Crippen LogP contribution is -2.30. The van der Waals surface area contributed by atoms with Crippen LogP contribution in [0, 0.1) is 0 Å². The van der Waals surface area contributed by atoms with Crippen molar-refractivity contribution in [1.82, 2.24) is 5.32 Å². The second-order valence-corrected chi connectivity index (χ2v) is 4.48. The van der Waals surface area contributed by atoms with Crippen molar-refractivity contribution in [2.24, 2.45) is 0 Å². The quantitative estimate of drug-likeness (QED) is 0.784. The molecule has 1 amide bonds. The summed E-state index contributed by atoms with van der Waals surface area (Å²) in [6.45, 7) is -0.236. The number of phenols is 1. The zero-order valence-corrected chi connectivity index (χ0v) is 11.6. The zero-order chi connectivity index (χ0) is 15.2. The number of carbonyl (C=O) groups excluding carboxylic acids is 1. The molecule has 0 saturated heterocycles. The Morgan fingerprint density at radius 1 is 1.19 bits per heavy atom. The van der Waals surface area contributed by atoms with Crippen LogP contribution in [0.1, 0.15) is 22.0 Å². The highest BCUT2D eigenvalue weighted by Crippen LogP contribution is 2.29. The molecule has 0 aromatic heterocycles. The smallest absolute Gasteiger partial charge is 0.255 e. The Labute approximate surface area is 122 Å². The van der Waals surface area contributed by atoms with Gasteiger partial charge >= 0.3 is 0 Å². The number of aliphatic hydroxyl groups excluding tert-OH is 1. The van der Waals surface area contributed by atoms with Gasteiger partial charge in [-0.15, -0.1) is 0 Å². The molecule has 0 aliphatic carbocycles. The van der Waals surface area contributed by atoms with Crippen molar-refractivity contribution in [1.29, 1.82) is 0 Å². The van der Waals surface area contributed by atoms with Gasteiger partial charge in [0.1, 0.15) is 0 Å². The molecule has 2 rings (SSSR count). The number of benzene rings is 2. The first-order valence-corrected chi connectivity index (χ1v) is 6.50. The van der Waals surface area contributed by atoms with E-state index in [1.165, 1.54) is 13.2 Å². The SMILES string of the molecule is COc1cccc(C(=O)N[C@H](CO)c2ccccc2)c1O. The van der Waals surface area contributed by atoms with Gasteiger partial charge in [-0.3, -0.25) is 4.79 Å². The van der Waals surface area contributed by atoms with Gasteiger partial charge in [-0.25, -0.2) is 0 Å². The molecule has 0 aliphatic rings. The highest BCUT2D eigenvalue weighted by molar-refractivity contribution is 5.97. The number of amides is 1. The Bertz CT molecular complexity index is 613.